The summed E-state index contributed by atoms with van der Waals surface area (Å²) >= 11 is 3.52. The summed E-state index contributed by atoms with van der Waals surface area (Å²) in [6, 6.07) is 5.00. The number of piperidine rings is 1. The smallest absolute Gasteiger partial charge is 0.128 e. The molecule has 0 aliphatic carbocycles. The topological polar surface area (TPSA) is 19.4 Å². The third-order valence-electron chi connectivity index (χ3n) is 4.17. The summed E-state index contributed by atoms with van der Waals surface area (Å²) in [6.07, 6.45) is 4.12. The third-order valence-corrected chi connectivity index (χ3v) is 5.01. The quantitative estimate of drug-likeness (QED) is 0.795. The van der Waals surface area contributed by atoms with Crippen molar-refractivity contribution in [3.8, 4) is 0 Å². The molecule has 1 atom stereocenters. The Bertz CT molecular complexity index is 435. The number of piperazine rings is 1. The second-order valence-electron chi connectivity index (χ2n) is 5.37. The number of nitrogens with zero attached hydrogens (tertiary/aromatic N) is 3. The van der Waals surface area contributed by atoms with Gasteiger partial charge in [-0.05, 0) is 54.4 Å². The molecule has 2 saturated heterocycles. The van der Waals surface area contributed by atoms with Crippen LogP contribution in [0.2, 0.25) is 0 Å². The lowest BCUT2D eigenvalue weighted by atomic mass is 9.99. The van der Waals surface area contributed by atoms with Crippen molar-refractivity contribution in [1.29, 1.82) is 0 Å². The van der Waals surface area contributed by atoms with E-state index in [2.05, 4.69) is 44.8 Å². The number of pyridine rings is 1. The second kappa shape index (κ2) is 5.17. The molecule has 0 aromatic carbocycles. The molecule has 2 fully saturated rings. The van der Waals surface area contributed by atoms with Gasteiger partial charge in [-0.1, -0.05) is 6.42 Å². The summed E-state index contributed by atoms with van der Waals surface area (Å²) in [6.45, 7) is 6.82. The van der Waals surface area contributed by atoms with Crippen LogP contribution in [0.15, 0.2) is 16.6 Å². The number of aromatic nitrogens is 1. The molecule has 3 rings (SSSR count). The van der Waals surface area contributed by atoms with E-state index in [9.17, 15) is 0 Å². The molecule has 0 N–H and O–H groups in total. The molecule has 1 aromatic rings. The zero-order chi connectivity index (χ0) is 12.5. The van der Waals surface area contributed by atoms with Crippen molar-refractivity contribution in [2.45, 2.75) is 32.2 Å². The SMILES string of the molecule is Cc1nc(N2CCN3CCCCC3C2)ccc1Br. The van der Waals surface area contributed by atoms with E-state index in [1.165, 1.54) is 32.4 Å². The van der Waals surface area contributed by atoms with Gasteiger partial charge in [0.1, 0.15) is 5.82 Å². The molecule has 2 aliphatic heterocycles. The summed E-state index contributed by atoms with van der Waals surface area (Å²) in [7, 11) is 0. The Morgan fingerprint density at radius 3 is 2.94 bits per heavy atom. The molecule has 18 heavy (non-hydrogen) atoms. The minimum absolute atomic E-state index is 0.748. The molecule has 98 valence electrons. The first-order chi connectivity index (χ1) is 8.74. The van der Waals surface area contributed by atoms with E-state index in [1.54, 1.807) is 0 Å². The maximum absolute atomic E-state index is 4.69. The van der Waals surface area contributed by atoms with Crippen molar-refractivity contribution in [1.82, 2.24) is 9.88 Å². The summed E-state index contributed by atoms with van der Waals surface area (Å²) < 4.78 is 1.10. The molecule has 0 saturated carbocycles. The molecule has 0 spiro atoms. The highest BCUT2D eigenvalue weighted by Crippen LogP contribution is 2.25. The van der Waals surface area contributed by atoms with Gasteiger partial charge in [-0.2, -0.15) is 0 Å². The number of anilines is 1. The highest BCUT2D eigenvalue weighted by molar-refractivity contribution is 9.10. The van der Waals surface area contributed by atoms with Crippen LogP contribution in [-0.2, 0) is 0 Å². The van der Waals surface area contributed by atoms with Gasteiger partial charge in [-0.25, -0.2) is 4.98 Å². The van der Waals surface area contributed by atoms with Crippen molar-refractivity contribution in [3.63, 3.8) is 0 Å². The van der Waals surface area contributed by atoms with E-state index < -0.39 is 0 Å². The van der Waals surface area contributed by atoms with E-state index in [4.69, 9.17) is 4.98 Å². The van der Waals surface area contributed by atoms with E-state index in [0.717, 1.165) is 35.1 Å². The molecular formula is C14H20BrN3. The van der Waals surface area contributed by atoms with Gasteiger partial charge in [-0.15, -0.1) is 0 Å². The van der Waals surface area contributed by atoms with Crippen LogP contribution >= 0.6 is 15.9 Å². The fraction of sp³-hybridized carbons (Fsp3) is 0.643. The zero-order valence-corrected chi connectivity index (χ0v) is 12.5. The molecule has 0 radical (unpaired) electrons. The molecule has 3 nitrogen and oxygen atoms in total. The van der Waals surface area contributed by atoms with Gasteiger partial charge in [0, 0.05) is 30.1 Å². The molecule has 3 heterocycles. The summed E-state index contributed by atoms with van der Waals surface area (Å²) in [5.74, 6) is 1.14. The van der Waals surface area contributed by atoms with E-state index in [1.807, 2.05) is 0 Å². The molecule has 1 unspecified atom stereocenters. The Balaban J connectivity index is 1.75. The molecule has 1 aromatic heterocycles. The lowest BCUT2D eigenvalue weighted by Crippen LogP contribution is -2.55. The summed E-state index contributed by atoms with van der Waals surface area (Å²) in [4.78, 5) is 9.80. The highest BCUT2D eigenvalue weighted by atomic mass is 79.9. The molecule has 0 amide bonds. The average molecular weight is 310 g/mol. The van der Waals surface area contributed by atoms with Gasteiger partial charge < -0.3 is 4.90 Å². The minimum Gasteiger partial charge on any atom is -0.354 e. The second-order valence-corrected chi connectivity index (χ2v) is 6.22. The van der Waals surface area contributed by atoms with Crippen LogP contribution in [0.3, 0.4) is 0 Å². The predicted octanol–water partition coefficient (Wildman–Crippen LogP) is 2.83. The number of rotatable bonds is 1. The molecule has 0 bridgehead atoms. The van der Waals surface area contributed by atoms with Crippen molar-refractivity contribution in [3.05, 3.63) is 22.3 Å². The Morgan fingerprint density at radius 1 is 1.22 bits per heavy atom. The van der Waals surface area contributed by atoms with Gasteiger partial charge in [-0.3, -0.25) is 4.90 Å². The fourth-order valence-corrected chi connectivity index (χ4v) is 3.29. The van der Waals surface area contributed by atoms with Gasteiger partial charge >= 0.3 is 0 Å². The van der Waals surface area contributed by atoms with Crippen LogP contribution in [0.25, 0.3) is 0 Å². The lowest BCUT2D eigenvalue weighted by molar-refractivity contribution is 0.133. The predicted molar refractivity (Wildman–Crippen MR) is 78.1 cm³/mol. The van der Waals surface area contributed by atoms with Crippen molar-refractivity contribution >= 4 is 21.7 Å². The van der Waals surface area contributed by atoms with Crippen LogP contribution in [0.4, 0.5) is 5.82 Å². The largest absolute Gasteiger partial charge is 0.354 e. The first-order valence-electron chi connectivity index (χ1n) is 6.86. The summed E-state index contributed by atoms with van der Waals surface area (Å²) in [5, 5.41) is 0. The maximum atomic E-state index is 4.69. The van der Waals surface area contributed by atoms with Crippen LogP contribution in [-0.4, -0.2) is 42.1 Å². The Labute approximate surface area is 117 Å². The normalized spacial score (nSPS) is 25.0. The molecular weight excluding hydrogens is 290 g/mol. The Kier molecular flexibility index (Phi) is 3.57. The van der Waals surface area contributed by atoms with Gasteiger partial charge in [0.05, 0.1) is 5.69 Å². The molecule has 4 heteroatoms. The number of halogens is 1. The first-order valence-corrected chi connectivity index (χ1v) is 7.65. The molecule has 2 aliphatic rings. The number of fused-ring (bicyclic) bond motifs is 1. The lowest BCUT2D eigenvalue weighted by Gasteiger charge is -2.44. The monoisotopic (exact) mass is 309 g/mol. The number of aryl methyl sites for hydroxylation is 1. The summed E-state index contributed by atoms with van der Waals surface area (Å²) in [5.41, 5.74) is 1.08. The van der Waals surface area contributed by atoms with Crippen LogP contribution in [0.1, 0.15) is 25.0 Å². The first kappa shape index (κ1) is 12.4. The van der Waals surface area contributed by atoms with Crippen LogP contribution in [0, 0.1) is 6.92 Å². The van der Waals surface area contributed by atoms with E-state index in [-0.39, 0.29) is 0 Å². The van der Waals surface area contributed by atoms with Gasteiger partial charge in [0.2, 0.25) is 0 Å². The third kappa shape index (κ3) is 2.41. The minimum atomic E-state index is 0.748. The Hall–Kier alpha value is -0.610. The zero-order valence-electron chi connectivity index (χ0n) is 10.9. The van der Waals surface area contributed by atoms with Crippen LogP contribution in [0.5, 0.6) is 0 Å². The Morgan fingerprint density at radius 2 is 2.11 bits per heavy atom. The van der Waals surface area contributed by atoms with Crippen LogP contribution < -0.4 is 4.90 Å². The fourth-order valence-electron chi connectivity index (χ4n) is 3.07. The number of hydrogen-bond donors (Lipinski definition) is 0. The number of hydrogen-bond acceptors (Lipinski definition) is 3. The van der Waals surface area contributed by atoms with E-state index in [0.29, 0.717) is 0 Å². The highest BCUT2D eigenvalue weighted by Gasteiger charge is 2.29. The van der Waals surface area contributed by atoms with Gasteiger partial charge in [0.15, 0.2) is 0 Å². The van der Waals surface area contributed by atoms with Gasteiger partial charge in [0.25, 0.3) is 0 Å². The van der Waals surface area contributed by atoms with Crippen molar-refractivity contribution in [2.24, 2.45) is 0 Å². The standard InChI is InChI=1S/C14H20BrN3/c1-11-13(15)5-6-14(16-11)18-9-8-17-7-3-2-4-12(17)10-18/h5-6,12H,2-4,7-10H2,1H3. The van der Waals surface area contributed by atoms with Crippen molar-refractivity contribution < 1.29 is 0 Å². The van der Waals surface area contributed by atoms with Crippen molar-refractivity contribution in [2.75, 3.05) is 31.1 Å². The maximum Gasteiger partial charge on any atom is 0.128 e. The average Bonchev–Trinajstić information content (AvgIpc) is 2.41. The van der Waals surface area contributed by atoms with E-state index >= 15 is 0 Å².